The number of methoxy groups -OCH3 is 1. The highest BCUT2D eigenvalue weighted by molar-refractivity contribution is 5.89. The first-order valence-electron chi connectivity index (χ1n) is 5.85. The smallest absolute Gasteiger partial charge is 0.341 e. The van der Waals surface area contributed by atoms with Crippen molar-refractivity contribution in [3.05, 3.63) is 57.8 Å². The van der Waals surface area contributed by atoms with E-state index in [4.69, 9.17) is 4.42 Å². The van der Waals surface area contributed by atoms with Crippen LogP contribution in [0, 0.1) is 15.9 Å². The van der Waals surface area contributed by atoms with Gasteiger partial charge in [0.05, 0.1) is 24.1 Å². The normalized spacial score (nSPS) is 10.2. The highest BCUT2D eigenvalue weighted by Gasteiger charge is 2.15. The molecule has 0 aliphatic rings. The maximum absolute atomic E-state index is 13.1. The lowest BCUT2D eigenvalue weighted by Crippen LogP contribution is -2.03. The first-order chi connectivity index (χ1) is 10.0. The summed E-state index contributed by atoms with van der Waals surface area (Å²) in [5.41, 5.74) is -0.00444. The Kier molecular flexibility index (Phi) is 4.17. The van der Waals surface area contributed by atoms with Gasteiger partial charge in [0.1, 0.15) is 23.5 Å². The zero-order valence-corrected chi connectivity index (χ0v) is 11.0. The van der Waals surface area contributed by atoms with Crippen LogP contribution < -0.4 is 5.32 Å². The van der Waals surface area contributed by atoms with Crippen molar-refractivity contribution in [1.29, 1.82) is 0 Å². The summed E-state index contributed by atoms with van der Waals surface area (Å²) >= 11 is 0. The number of hydrogen-bond acceptors (Lipinski definition) is 6. The molecule has 0 bridgehead atoms. The van der Waals surface area contributed by atoms with E-state index in [0.717, 1.165) is 18.2 Å². The number of anilines is 1. The Bertz CT molecular complexity index is 683. The molecule has 0 unspecified atom stereocenters. The van der Waals surface area contributed by atoms with E-state index in [1.165, 1.54) is 19.4 Å². The van der Waals surface area contributed by atoms with E-state index in [-0.39, 0.29) is 23.5 Å². The monoisotopic (exact) mass is 294 g/mol. The summed E-state index contributed by atoms with van der Waals surface area (Å²) in [5.74, 6) is -0.798. The predicted octanol–water partition coefficient (Wildman–Crippen LogP) is 2.73. The molecule has 2 aromatic rings. The highest BCUT2D eigenvalue weighted by atomic mass is 19.1. The molecule has 0 amide bonds. The van der Waals surface area contributed by atoms with E-state index in [1.54, 1.807) is 0 Å². The molecular formula is C13H11FN2O5. The molecule has 0 fully saturated rings. The van der Waals surface area contributed by atoms with E-state index < -0.39 is 16.7 Å². The summed E-state index contributed by atoms with van der Waals surface area (Å²) in [6.45, 7) is 0.0568. The number of esters is 1. The van der Waals surface area contributed by atoms with Gasteiger partial charge in [-0.2, -0.15) is 0 Å². The van der Waals surface area contributed by atoms with Gasteiger partial charge in [0.25, 0.3) is 5.69 Å². The van der Waals surface area contributed by atoms with Gasteiger partial charge in [-0.1, -0.05) is 0 Å². The van der Waals surface area contributed by atoms with E-state index in [1.807, 2.05) is 0 Å². The van der Waals surface area contributed by atoms with Crippen molar-refractivity contribution >= 4 is 17.3 Å². The van der Waals surface area contributed by atoms with E-state index >= 15 is 0 Å². The molecule has 1 heterocycles. The number of carbonyl (C=O) groups excluding carboxylic acids is 1. The number of nitrogens with one attached hydrogen (secondary N) is 1. The number of hydrogen-bond donors (Lipinski definition) is 1. The molecule has 0 atom stereocenters. The Labute approximate surface area is 118 Å². The van der Waals surface area contributed by atoms with Gasteiger partial charge in [-0.3, -0.25) is 10.1 Å². The number of nitrogens with zero attached hydrogens (tertiary/aromatic N) is 1. The van der Waals surface area contributed by atoms with Crippen LogP contribution >= 0.6 is 0 Å². The van der Waals surface area contributed by atoms with Crippen molar-refractivity contribution < 1.29 is 23.3 Å². The van der Waals surface area contributed by atoms with Crippen LogP contribution in [-0.4, -0.2) is 18.0 Å². The van der Waals surface area contributed by atoms with Gasteiger partial charge in [-0.15, -0.1) is 0 Å². The number of nitro groups is 1. The van der Waals surface area contributed by atoms with Crippen LogP contribution in [0.2, 0.25) is 0 Å². The summed E-state index contributed by atoms with van der Waals surface area (Å²) < 4.78 is 22.8. The Morgan fingerprint density at radius 3 is 2.90 bits per heavy atom. The second-order valence-corrected chi connectivity index (χ2v) is 4.07. The van der Waals surface area contributed by atoms with Crippen molar-refractivity contribution in [2.24, 2.45) is 0 Å². The van der Waals surface area contributed by atoms with Crippen LogP contribution in [-0.2, 0) is 11.3 Å². The minimum Gasteiger partial charge on any atom is -0.467 e. The fourth-order valence-corrected chi connectivity index (χ4v) is 1.69. The van der Waals surface area contributed by atoms with Crippen LogP contribution in [0.5, 0.6) is 0 Å². The molecule has 1 N–H and O–H groups in total. The van der Waals surface area contributed by atoms with Crippen LogP contribution in [0.15, 0.2) is 34.9 Å². The number of carbonyl (C=O) groups is 1. The molecule has 0 saturated heterocycles. The van der Waals surface area contributed by atoms with Gasteiger partial charge >= 0.3 is 5.97 Å². The molecule has 21 heavy (non-hydrogen) atoms. The minimum atomic E-state index is -0.621. The molecule has 1 aromatic carbocycles. The van der Waals surface area contributed by atoms with Crippen molar-refractivity contribution in [2.45, 2.75) is 6.54 Å². The second kappa shape index (κ2) is 6.04. The zero-order chi connectivity index (χ0) is 15.4. The first-order valence-corrected chi connectivity index (χ1v) is 5.85. The van der Waals surface area contributed by atoms with Gasteiger partial charge in [0, 0.05) is 12.1 Å². The Morgan fingerprint density at radius 2 is 2.24 bits per heavy atom. The molecule has 8 heteroatoms. The Hall–Kier alpha value is -2.90. The quantitative estimate of drug-likeness (QED) is 0.517. The molecule has 0 saturated carbocycles. The van der Waals surface area contributed by atoms with E-state index in [9.17, 15) is 19.3 Å². The predicted molar refractivity (Wildman–Crippen MR) is 70.4 cm³/mol. The van der Waals surface area contributed by atoms with Gasteiger partial charge in [0.2, 0.25) is 0 Å². The van der Waals surface area contributed by atoms with Crippen LogP contribution in [0.25, 0.3) is 0 Å². The molecule has 2 rings (SSSR count). The molecule has 0 aliphatic carbocycles. The largest absolute Gasteiger partial charge is 0.467 e. The Morgan fingerprint density at radius 1 is 1.48 bits per heavy atom. The molecule has 110 valence electrons. The van der Waals surface area contributed by atoms with Crippen LogP contribution in [0.3, 0.4) is 0 Å². The van der Waals surface area contributed by atoms with Gasteiger partial charge in [0.15, 0.2) is 0 Å². The summed E-state index contributed by atoms with van der Waals surface area (Å²) in [6.07, 6.45) is 1.21. The second-order valence-electron chi connectivity index (χ2n) is 4.07. The Balaban J connectivity index is 2.13. The lowest BCUT2D eigenvalue weighted by molar-refractivity contribution is -0.384. The molecule has 0 aliphatic heterocycles. The molecule has 0 radical (unpaired) electrons. The van der Waals surface area contributed by atoms with Crippen molar-refractivity contribution in [3.63, 3.8) is 0 Å². The van der Waals surface area contributed by atoms with E-state index in [0.29, 0.717) is 5.76 Å². The fourth-order valence-electron chi connectivity index (χ4n) is 1.69. The van der Waals surface area contributed by atoms with Crippen molar-refractivity contribution in [2.75, 3.05) is 12.4 Å². The number of rotatable bonds is 5. The molecule has 7 nitrogen and oxygen atoms in total. The van der Waals surface area contributed by atoms with Crippen molar-refractivity contribution in [1.82, 2.24) is 0 Å². The molecule has 0 spiro atoms. The fraction of sp³-hybridized carbons (Fsp3) is 0.154. The summed E-state index contributed by atoms with van der Waals surface area (Å²) in [5, 5.41) is 13.5. The summed E-state index contributed by atoms with van der Waals surface area (Å²) in [7, 11) is 1.24. The summed E-state index contributed by atoms with van der Waals surface area (Å²) in [6, 6.07) is 4.53. The number of furan rings is 1. The topological polar surface area (TPSA) is 94.6 Å². The van der Waals surface area contributed by atoms with Gasteiger partial charge < -0.3 is 14.5 Å². The maximum atomic E-state index is 13.1. The molecule has 1 aromatic heterocycles. The highest BCUT2D eigenvalue weighted by Crippen LogP contribution is 2.25. The number of benzene rings is 1. The standard InChI is InChI=1S/C13H11FN2O5/c1-20-13(17)8-4-10(21-7-8)6-15-11-5-9(14)2-3-12(11)16(18)19/h2-5,7,15H,6H2,1H3. The molecular weight excluding hydrogens is 283 g/mol. The van der Waals surface area contributed by atoms with Crippen LogP contribution in [0.4, 0.5) is 15.8 Å². The summed E-state index contributed by atoms with van der Waals surface area (Å²) in [4.78, 5) is 21.5. The first kappa shape index (κ1) is 14.5. The SMILES string of the molecule is COC(=O)c1coc(CNc2cc(F)ccc2[N+](=O)[O-])c1. The number of nitro benzene ring substituents is 1. The average molecular weight is 294 g/mol. The van der Waals surface area contributed by atoms with Gasteiger partial charge in [-0.25, -0.2) is 9.18 Å². The number of ether oxygens (including phenoxy) is 1. The van der Waals surface area contributed by atoms with Crippen molar-refractivity contribution in [3.8, 4) is 0 Å². The average Bonchev–Trinajstić information content (AvgIpc) is 2.93. The maximum Gasteiger partial charge on any atom is 0.341 e. The lowest BCUT2D eigenvalue weighted by Gasteiger charge is -2.05. The van der Waals surface area contributed by atoms with E-state index in [2.05, 4.69) is 10.1 Å². The zero-order valence-electron chi connectivity index (χ0n) is 11.0. The lowest BCUT2D eigenvalue weighted by atomic mass is 10.2. The third-order valence-electron chi connectivity index (χ3n) is 2.68. The number of halogens is 1. The van der Waals surface area contributed by atoms with Crippen LogP contribution in [0.1, 0.15) is 16.1 Å². The minimum absolute atomic E-state index is 0.0241. The van der Waals surface area contributed by atoms with Gasteiger partial charge in [-0.05, 0) is 12.1 Å². The third kappa shape index (κ3) is 3.35. The third-order valence-corrected chi connectivity index (χ3v) is 2.68.